The summed E-state index contributed by atoms with van der Waals surface area (Å²) in [6.07, 6.45) is 1.53. The van der Waals surface area contributed by atoms with Crippen molar-refractivity contribution in [1.82, 2.24) is 10.6 Å². The molecule has 8 heteroatoms. The number of hydrogen-bond acceptors (Lipinski definition) is 7. The van der Waals surface area contributed by atoms with E-state index in [1.165, 1.54) is 18.3 Å². The van der Waals surface area contributed by atoms with Gasteiger partial charge in [-0.3, -0.25) is 14.9 Å². The molecular weight excluding hydrogens is 424 g/mol. The number of nitrogens with one attached hydrogen (secondary N) is 2. The second kappa shape index (κ2) is 8.96. The van der Waals surface area contributed by atoms with Crippen molar-refractivity contribution in [2.75, 3.05) is 14.2 Å². The number of methoxy groups -OCH3 is 2. The summed E-state index contributed by atoms with van der Waals surface area (Å²) < 4.78 is 10.7. The Kier molecular flexibility index (Phi) is 5.91. The molecule has 0 aliphatic carbocycles. The van der Waals surface area contributed by atoms with Gasteiger partial charge >= 0.3 is 0 Å². The molecular formula is C25H22N2O6. The number of phenolic OH excluding ortho intramolecular Hbond substituents is 2. The van der Waals surface area contributed by atoms with Crippen molar-refractivity contribution in [1.29, 1.82) is 0 Å². The number of carbonyl (C=O) groups excluding carboxylic acids is 2. The van der Waals surface area contributed by atoms with Gasteiger partial charge in [-0.2, -0.15) is 0 Å². The summed E-state index contributed by atoms with van der Waals surface area (Å²) in [4.78, 5) is 25.0. The number of fused-ring (bicyclic) bond motifs is 1. The fourth-order valence-corrected chi connectivity index (χ4v) is 3.61. The van der Waals surface area contributed by atoms with Crippen molar-refractivity contribution in [2.45, 2.75) is 6.54 Å². The minimum Gasteiger partial charge on any atom is -0.504 e. The van der Waals surface area contributed by atoms with Crippen LogP contribution in [-0.2, 0) is 11.3 Å². The fraction of sp³-hybridized carbons (Fsp3) is 0.120. The van der Waals surface area contributed by atoms with Crippen LogP contribution in [-0.4, -0.2) is 36.2 Å². The van der Waals surface area contributed by atoms with Crippen LogP contribution in [0.15, 0.2) is 60.8 Å². The first kappa shape index (κ1) is 21.8. The third-order valence-electron chi connectivity index (χ3n) is 5.34. The second-order valence-electron chi connectivity index (χ2n) is 7.38. The van der Waals surface area contributed by atoms with Crippen LogP contribution in [0.4, 0.5) is 0 Å². The molecule has 0 spiro atoms. The molecule has 1 aliphatic rings. The molecule has 2 amide bonds. The van der Waals surface area contributed by atoms with Gasteiger partial charge in [0.05, 0.1) is 19.8 Å². The van der Waals surface area contributed by atoms with Crippen LogP contribution >= 0.6 is 0 Å². The largest absolute Gasteiger partial charge is 0.504 e. The van der Waals surface area contributed by atoms with Gasteiger partial charge in [-0.05, 0) is 53.1 Å². The Morgan fingerprint density at radius 1 is 0.818 bits per heavy atom. The maximum atomic E-state index is 12.6. The topological polar surface area (TPSA) is 117 Å². The predicted octanol–water partition coefficient (Wildman–Crippen LogP) is 3.18. The van der Waals surface area contributed by atoms with Crippen LogP contribution in [0.1, 0.15) is 21.5 Å². The Morgan fingerprint density at radius 2 is 1.55 bits per heavy atom. The van der Waals surface area contributed by atoms with E-state index >= 15 is 0 Å². The predicted molar refractivity (Wildman–Crippen MR) is 122 cm³/mol. The van der Waals surface area contributed by atoms with Crippen LogP contribution in [0.2, 0.25) is 0 Å². The van der Waals surface area contributed by atoms with Gasteiger partial charge in [-0.15, -0.1) is 0 Å². The number of hydrogen-bond donors (Lipinski definition) is 4. The normalized spacial score (nSPS) is 13.9. The summed E-state index contributed by atoms with van der Waals surface area (Å²) >= 11 is 0. The first-order chi connectivity index (χ1) is 15.9. The third-order valence-corrected chi connectivity index (χ3v) is 5.34. The number of amides is 2. The lowest BCUT2D eigenvalue weighted by Gasteiger charge is -2.20. The van der Waals surface area contributed by atoms with E-state index in [0.717, 1.165) is 11.1 Å². The summed E-state index contributed by atoms with van der Waals surface area (Å²) in [5, 5.41) is 24.5. The summed E-state index contributed by atoms with van der Waals surface area (Å²) in [7, 11) is 3.11. The molecule has 3 aromatic carbocycles. The number of phenols is 2. The lowest BCUT2D eigenvalue weighted by atomic mass is 9.91. The minimum atomic E-state index is -0.516. The maximum Gasteiger partial charge on any atom is 0.260 e. The van der Waals surface area contributed by atoms with E-state index in [4.69, 9.17) is 9.47 Å². The van der Waals surface area contributed by atoms with Gasteiger partial charge in [-0.1, -0.05) is 18.2 Å². The smallest absolute Gasteiger partial charge is 0.260 e. The Balaban J connectivity index is 1.68. The second-order valence-corrected chi connectivity index (χ2v) is 7.38. The molecule has 0 aromatic heterocycles. The van der Waals surface area contributed by atoms with Crippen LogP contribution in [0.5, 0.6) is 23.0 Å². The van der Waals surface area contributed by atoms with Gasteiger partial charge in [0.25, 0.3) is 11.8 Å². The lowest BCUT2D eigenvalue weighted by Crippen LogP contribution is -2.37. The molecule has 33 heavy (non-hydrogen) atoms. The molecule has 1 heterocycles. The van der Waals surface area contributed by atoms with Gasteiger partial charge in [-0.25, -0.2) is 0 Å². The van der Waals surface area contributed by atoms with Crippen molar-refractivity contribution in [3.8, 4) is 34.1 Å². The number of benzene rings is 3. The first-order valence-electron chi connectivity index (χ1n) is 10.1. The fourth-order valence-electron chi connectivity index (χ4n) is 3.61. The Bertz CT molecular complexity index is 1280. The number of ether oxygens (including phenoxy) is 2. The van der Waals surface area contributed by atoms with Crippen molar-refractivity contribution in [3.63, 3.8) is 0 Å². The molecule has 1 aliphatic heterocycles. The van der Waals surface area contributed by atoms with E-state index in [1.54, 1.807) is 44.6 Å². The molecule has 0 fully saturated rings. The standard InChI is InChI=1S/C25H22N2O6/c1-32-22-8-5-16(11-23(22)33-2)15-4-6-17-18(10-15)19(25(31)27-24(17)30)13-26-12-14-3-7-20(28)21(29)9-14/h3-11,13,26,28-29H,12H2,1-2H3,(H,27,30,31). The highest BCUT2D eigenvalue weighted by Crippen LogP contribution is 2.35. The zero-order valence-corrected chi connectivity index (χ0v) is 18.0. The molecule has 4 N–H and O–H groups in total. The average molecular weight is 446 g/mol. The molecule has 0 radical (unpaired) electrons. The number of imide groups is 1. The summed E-state index contributed by atoms with van der Waals surface area (Å²) in [6, 6.07) is 15.2. The molecule has 8 nitrogen and oxygen atoms in total. The highest BCUT2D eigenvalue weighted by molar-refractivity contribution is 6.31. The highest BCUT2D eigenvalue weighted by Gasteiger charge is 2.27. The molecule has 0 bridgehead atoms. The Labute approximate surface area is 190 Å². The third kappa shape index (κ3) is 4.31. The first-order valence-corrected chi connectivity index (χ1v) is 10.1. The van der Waals surface area contributed by atoms with E-state index < -0.39 is 11.8 Å². The van der Waals surface area contributed by atoms with E-state index in [1.807, 2.05) is 12.1 Å². The van der Waals surface area contributed by atoms with Crippen molar-refractivity contribution < 1.29 is 29.3 Å². The lowest BCUT2D eigenvalue weighted by molar-refractivity contribution is -0.114. The van der Waals surface area contributed by atoms with Crippen LogP contribution in [0.25, 0.3) is 16.7 Å². The number of carbonyl (C=O) groups is 2. The number of rotatable bonds is 6. The molecule has 168 valence electrons. The maximum absolute atomic E-state index is 12.6. The van der Waals surface area contributed by atoms with Gasteiger partial charge in [0.2, 0.25) is 0 Å². The van der Waals surface area contributed by atoms with Gasteiger partial charge < -0.3 is 25.0 Å². The van der Waals surface area contributed by atoms with E-state index in [2.05, 4.69) is 10.6 Å². The zero-order chi connectivity index (χ0) is 23.5. The number of aromatic hydroxyl groups is 2. The van der Waals surface area contributed by atoms with Gasteiger partial charge in [0.1, 0.15) is 0 Å². The Morgan fingerprint density at radius 3 is 2.27 bits per heavy atom. The van der Waals surface area contributed by atoms with E-state index in [0.29, 0.717) is 40.3 Å². The minimum absolute atomic E-state index is 0.209. The Hall–Kier alpha value is -4.46. The van der Waals surface area contributed by atoms with Crippen LogP contribution in [0.3, 0.4) is 0 Å². The summed E-state index contributed by atoms with van der Waals surface area (Å²) in [5.41, 5.74) is 3.52. The van der Waals surface area contributed by atoms with Crippen molar-refractivity contribution in [3.05, 3.63) is 77.5 Å². The molecule has 0 unspecified atom stereocenters. The highest BCUT2D eigenvalue weighted by atomic mass is 16.5. The molecule has 0 atom stereocenters. The molecule has 3 aromatic rings. The van der Waals surface area contributed by atoms with Gasteiger partial charge in [0.15, 0.2) is 23.0 Å². The van der Waals surface area contributed by atoms with Crippen molar-refractivity contribution >= 4 is 17.4 Å². The van der Waals surface area contributed by atoms with Crippen molar-refractivity contribution in [2.24, 2.45) is 0 Å². The monoisotopic (exact) mass is 446 g/mol. The summed E-state index contributed by atoms with van der Waals surface area (Å²) in [5.74, 6) is -0.255. The van der Waals surface area contributed by atoms with E-state index in [-0.39, 0.29) is 11.5 Å². The molecule has 0 saturated heterocycles. The summed E-state index contributed by atoms with van der Waals surface area (Å²) in [6.45, 7) is 0.295. The van der Waals surface area contributed by atoms with E-state index in [9.17, 15) is 19.8 Å². The quantitative estimate of drug-likeness (QED) is 0.261. The SMILES string of the molecule is COc1ccc(-c2ccc3c(c2)C(=CNCc2ccc(O)c(O)c2)C(=O)NC3=O)cc1OC. The van der Waals surface area contributed by atoms with Crippen LogP contribution < -0.4 is 20.1 Å². The average Bonchev–Trinajstić information content (AvgIpc) is 2.82. The molecule has 4 rings (SSSR count). The molecule has 0 saturated carbocycles. The zero-order valence-electron chi connectivity index (χ0n) is 18.0. The van der Waals surface area contributed by atoms with Crippen LogP contribution in [0, 0.1) is 0 Å². The van der Waals surface area contributed by atoms with Gasteiger partial charge in [0, 0.05) is 23.9 Å².